The Balaban J connectivity index is 1.89. The quantitative estimate of drug-likeness (QED) is 0.320. The van der Waals surface area contributed by atoms with Gasteiger partial charge in [0.2, 0.25) is 0 Å². The second-order valence-electron chi connectivity index (χ2n) is 8.44. The summed E-state index contributed by atoms with van der Waals surface area (Å²) in [7, 11) is 0. The fourth-order valence-corrected chi connectivity index (χ4v) is 4.25. The van der Waals surface area contributed by atoms with Gasteiger partial charge in [0.25, 0.3) is 0 Å². The van der Waals surface area contributed by atoms with Crippen molar-refractivity contribution < 1.29 is 18.7 Å². The van der Waals surface area contributed by atoms with Crippen LogP contribution in [0, 0.1) is 26.6 Å². The van der Waals surface area contributed by atoms with Crippen LogP contribution < -0.4 is 10.7 Å². The van der Waals surface area contributed by atoms with Gasteiger partial charge in [-0.05, 0) is 81.3 Å². The highest BCUT2D eigenvalue weighted by Crippen LogP contribution is 2.33. The summed E-state index contributed by atoms with van der Waals surface area (Å²) < 4.78 is 20.1. The lowest BCUT2D eigenvalue weighted by Gasteiger charge is -2.20. The largest absolute Gasteiger partial charge is 0.478 e. The molecule has 0 bridgehead atoms. The number of hydrogen-bond donors (Lipinski definition) is 2. The van der Waals surface area contributed by atoms with Crippen LogP contribution in [-0.4, -0.2) is 11.1 Å². The van der Waals surface area contributed by atoms with Crippen LogP contribution in [0.15, 0.2) is 57.7 Å². The predicted octanol–water partition coefficient (Wildman–Crippen LogP) is 7.05. The van der Waals surface area contributed by atoms with Crippen LogP contribution in [0.4, 0.5) is 10.1 Å². The lowest BCUT2D eigenvalue weighted by Crippen LogP contribution is -2.14. The molecule has 1 unspecified atom stereocenters. The van der Waals surface area contributed by atoms with Crippen molar-refractivity contribution in [1.29, 1.82) is 0 Å². The number of carbonyl (C=O) groups is 1. The van der Waals surface area contributed by atoms with E-state index in [2.05, 4.69) is 5.32 Å². The van der Waals surface area contributed by atoms with E-state index in [1.165, 1.54) is 12.1 Å². The molecular formula is C27H23ClFNO4. The normalized spacial score (nSPS) is 12.1. The molecule has 0 aliphatic carbocycles. The van der Waals surface area contributed by atoms with Crippen LogP contribution in [0.3, 0.4) is 0 Å². The van der Waals surface area contributed by atoms with Gasteiger partial charge in [0, 0.05) is 27.4 Å². The molecule has 5 nitrogen and oxygen atoms in total. The van der Waals surface area contributed by atoms with E-state index in [1.807, 2.05) is 19.9 Å². The maximum atomic E-state index is 13.8. The Morgan fingerprint density at radius 1 is 1.09 bits per heavy atom. The fourth-order valence-electron chi connectivity index (χ4n) is 4.08. The van der Waals surface area contributed by atoms with Gasteiger partial charge in [0.15, 0.2) is 5.43 Å². The van der Waals surface area contributed by atoms with Gasteiger partial charge in [0.1, 0.15) is 17.2 Å². The van der Waals surface area contributed by atoms with E-state index in [0.29, 0.717) is 49.7 Å². The molecule has 4 rings (SSSR count). The van der Waals surface area contributed by atoms with Crippen molar-refractivity contribution in [2.75, 3.05) is 5.32 Å². The maximum Gasteiger partial charge on any atom is 0.337 e. The lowest BCUT2D eigenvalue weighted by molar-refractivity contribution is 0.0698. The molecule has 0 saturated heterocycles. The Morgan fingerprint density at radius 3 is 2.50 bits per heavy atom. The molecule has 0 amide bonds. The summed E-state index contributed by atoms with van der Waals surface area (Å²) in [5.41, 5.74) is 3.69. The summed E-state index contributed by atoms with van der Waals surface area (Å²) in [6, 6.07) is 12.4. The number of carboxylic acid groups (broad SMARTS) is 1. The van der Waals surface area contributed by atoms with Crippen molar-refractivity contribution in [3.8, 4) is 11.3 Å². The molecule has 0 aliphatic heterocycles. The Bertz CT molecular complexity index is 1510. The summed E-state index contributed by atoms with van der Waals surface area (Å²) in [4.78, 5) is 25.0. The van der Waals surface area contributed by atoms with Gasteiger partial charge in [-0.15, -0.1) is 0 Å². The zero-order chi connectivity index (χ0) is 24.7. The van der Waals surface area contributed by atoms with E-state index in [4.69, 9.17) is 16.0 Å². The molecule has 0 fully saturated rings. The first-order chi connectivity index (χ1) is 16.1. The van der Waals surface area contributed by atoms with E-state index >= 15 is 0 Å². The van der Waals surface area contributed by atoms with Crippen molar-refractivity contribution in [3.05, 3.63) is 97.4 Å². The first-order valence-electron chi connectivity index (χ1n) is 10.7. The average molecular weight is 480 g/mol. The van der Waals surface area contributed by atoms with E-state index < -0.39 is 12.0 Å². The number of aromatic carboxylic acids is 1. The maximum absolute atomic E-state index is 13.8. The summed E-state index contributed by atoms with van der Waals surface area (Å²) >= 11 is 5.98. The smallest absolute Gasteiger partial charge is 0.337 e. The molecule has 2 N–H and O–H groups in total. The standard InChI is InChI=1S/C27H23ClFNO4/c1-13-9-19(16(4)30-23-8-6-18(28)12-20(23)27(32)33)26-21(10-13)24(31)15(3)25(34-26)17-5-7-22(29)14(2)11-17/h5-12,16,30H,1-4H3,(H,32,33). The summed E-state index contributed by atoms with van der Waals surface area (Å²) in [6.45, 7) is 7.08. The SMILES string of the molecule is Cc1cc(C(C)Nc2ccc(Cl)cc2C(=O)O)c2oc(-c3ccc(F)c(C)c3)c(C)c(=O)c2c1. The second kappa shape index (κ2) is 8.95. The third-order valence-electron chi connectivity index (χ3n) is 5.86. The van der Waals surface area contributed by atoms with Gasteiger partial charge in [-0.3, -0.25) is 4.79 Å². The number of nitrogens with one attached hydrogen (secondary N) is 1. The number of aryl methyl sites for hydroxylation is 2. The van der Waals surface area contributed by atoms with Crippen molar-refractivity contribution in [3.63, 3.8) is 0 Å². The first-order valence-corrected chi connectivity index (χ1v) is 11.1. The molecule has 7 heteroatoms. The van der Waals surface area contributed by atoms with Gasteiger partial charge in [-0.2, -0.15) is 0 Å². The van der Waals surface area contributed by atoms with Crippen LogP contribution in [0.1, 0.15) is 45.6 Å². The van der Waals surface area contributed by atoms with Crippen molar-refractivity contribution in [2.45, 2.75) is 33.7 Å². The summed E-state index contributed by atoms with van der Waals surface area (Å²) in [5.74, 6) is -1.08. The van der Waals surface area contributed by atoms with Crippen LogP contribution in [0.5, 0.6) is 0 Å². The Morgan fingerprint density at radius 2 is 1.82 bits per heavy atom. The van der Waals surface area contributed by atoms with E-state index in [-0.39, 0.29) is 16.8 Å². The van der Waals surface area contributed by atoms with Crippen molar-refractivity contribution in [2.24, 2.45) is 0 Å². The van der Waals surface area contributed by atoms with Crippen molar-refractivity contribution in [1.82, 2.24) is 0 Å². The van der Waals surface area contributed by atoms with Crippen LogP contribution in [-0.2, 0) is 0 Å². The van der Waals surface area contributed by atoms with Gasteiger partial charge in [0.05, 0.1) is 17.0 Å². The molecule has 0 aliphatic rings. The highest BCUT2D eigenvalue weighted by Gasteiger charge is 2.21. The van der Waals surface area contributed by atoms with Crippen LogP contribution in [0.2, 0.25) is 5.02 Å². The number of halogens is 2. The monoisotopic (exact) mass is 479 g/mol. The third kappa shape index (κ3) is 4.29. The predicted molar refractivity (Wildman–Crippen MR) is 133 cm³/mol. The molecule has 34 heavy (non-hydrogen) atoms. The van der Waals surface area contributed by atoms with Gasteiger partial charge in [-0.25, -0.2) is 9.18 Å². The number of anilines is 1. The first kappa shape index (κ1) is 23.5. The zero-order valence-electron chi connectivity index (χ0n) is 19.1. The molecule has 0 saturated carbocycles. The summed E-state index contributed by atoms with van der Waals surface area (Å²) in [5, 5.41) is 13.5. The molecule has 4 aromatic rings. The number of rotatable bonds is 5. The van der Waals surface area contributed by atoms with E-state index in [0.717, 1.165) is 5.56 Å². The van der Waals surface area contributed by atoms with Crippen LogP contribution in [0.25, 0.3) is 22.3 Å². The van der Waals surface area contributed by atoms with Gasteiger partial charge >= 0.3 is 5.97 Å². The Labute approximate surface area is 200 Å². The molecule has 174 valence electrons. The minimum absolute atomic E-state index is 0.0380. The van der Waals surface area contributed by atoms with Gasteiger partial charge < -0.3 is 14.8 Å². The number of carboxylic acids is 1. The highest BCUT2D eigenvalue weighted by atomic mass is 35.5. The molecule has 0 radical (unpaired) electrons. The minimum Gasteiger partial charge on any atom is -0.478 e. The Hall–Kier alpha value is -3.64. The number of benzene rings is 3. The fraction of sp³-hybridized carbons (Fsp3) is 0.185. The van der Waals surface area contributed by atoms with E-state index in [9.17, 15) is 19.1 Å². The Kier molecular flexibility index (Phi) is 6.19. The van der Waals surface area contributed by atoms with Gasteiger partial charge in [-0.1, -0.05) is 17.7 Å². The second-order valence-corrected chi connectivity index (χ2v) is 8.88. The third-order valence-corrected chi connectivity index (χ3v) is 6.10. The molecule has 1 heterocycles. The molecule has 3 aromatic carbocycles. The molecule has 1 atom stereocenters. The lowest BCUT2D eigenvalue weighted by atomic mass is 9.98. The molecular weight excluding hydrogens is 457 g/mol. The molecule has 1 aromatic heterocycles. The van der Waals surface area contributed by atoms with Crippen LogP contribution >= 0.6 is 11.6 Å². The summed E-state index contributed by atoms with van der Waals surface area (Å²) in [6.07, 6.45) is 0. The number of fused-ring (bicyclic) bond motifs is 1. The minimum atomic E-state index is -1.11. The van der Waals surface area contributed by atoms with Crippen molar-refractivity contribution >= 4 is 34.2 Å². The topological polar surface area (TPSA) is 79.5 Å². The van der Waals surface area contributed by atoms with E-state index in [1.54, 1.807) is 44.2 Å². The zero-order valence-corrected chi connectivity index (χ0v) is 19.9. The average Bonchev–Trinajstić information content (AvgIpc) is 2.79. The molecule has 0 spiro atoms. The number of hydrogen-bond acceptors (Lipinski definition) is 4. The highest BCUT2D eigenvalue weighted by molar-refractivity contribution is 6.31.